The molecule has 0 atom stereocenters. The van der Waals surface area contributed by atoms with Crippen molar-refractivity contribution in [1.82, 2.24) is 5.01 Å². The number of nitrogens with zero attached hydrogens (tertiary/aromatic N) is 1. The van der Waals surface area contributed by atoms with Crippen molar-refractivity contribution >= 4 is 35.1 Å². The average molecular weight is 242 g/mol. The van der Waals surface area contributed by atoms with Gasteiger partial charge in [0, 0.05) is 5.56 Å². The van der Waals surface area contributed by atoms with Gasteiger partial charge in [-0.25, -0.2) is 10.9 Å². The Hall–Kier alpha value is -1.11. The molecule has 6 heteroatoms. The maximum Gasteiger partial charge on any atom is 0.273 e. The number of rotatable bonds is 2. The summed E-state index contributed by atoms with van der Waals surface area (Å²) in [5.74, 6) is 5.66. The average Bonchev–Trinajstić information content (AvgIpc) is 2.27. The maximum atomic E-state index is 11.6. The molecule has 0 aliphatic carbocycles. The summed E-state index contributed by atoms with van der Waals surface area (Å²) < 4.78 is 4.98. The van der Waals surface area contributed by atoms with Crippen molar-refractivity contribution in [3.05, 3.63) is 29.8 Å². The lowest BCUT2D eigenvalue weighted by molar-refractivity contribution is 0.0853. The smallest absolute Gasteiger partial charge is 0.273 e. The van der Waals surface area contributed by atoms with Gasteiger partial charge in [0.05, 0.1) is 7.11 Å². The van der Waals surface area contributed by atoms with Gasteiger partial charge in [-0.1, -0.05) is 12.2 Å². The predicted molar refractivity (Wildman–Crippen MR) is 64.9 cm³/mol. The Morgan fingerprint density at radius 2 is 2.00 bits per heavy atom. The van der Waals surface area contributed by atoms with Crippen LogP contribution in [0.15, 0.2) is 24.3 Å². The summed E-state index contributed by atoms with van der Waals surface area (Å²) in [6.45, 7) is 0. The van der Waals surface area contributed by atoms with Crippen LogP contribution in [-0.4, -0.2) is 22.3 Å². The Kier molecular flexibility index (Phi) is 4.07. The van der Waals surface area contributed by atoms with Crippen LogP contribution in [0.25, 0.3) is 0 Å². The summed E-state index contributed by atoms with van der Waals surface area (Å²) in [5.41, 5.74) is 0.426. The summed E-state index contributed by atoms with van der Waals surface area (Å²) in [7, 11) is 1.55. The predicted octanol–water partition coefficient (Wildman–Crippen LogP) is 1.23. The van der Waals surface area contributed by atoms with Gasteiger partial charge in [0.25, 0.3) is 5.91 Å². The molecule has 0 unspecified atom stereocenters. The molecule has 15 heavy (non-hydrogen) atoms. The molecule has 2 N–H and O–H groups in total. The molecule has 1 aromatic rings. The van der Waals surface area contributed by atoms with Crippen molar-refractivity contribution in [3.63, 3.8) is 0 Å². The summed E-state index contributed by atoms with van der Waals surface area (Å²) >= 11 is 8.47. The molecule has 0 spiro atoms. The second-order valence-corrected chi connectivity index (χ2v) is 3.80. The number of ether oxygens (including phenoxy) is 1. The molecule has 0 bridgehead atoms. The largest absolute Gasteiger partial charge is 0.497 e. The maximum absolute atomic E-state index is 11.6. The highest BCUT2D eigenvalue weighted by atomic mass is 32.1. The molecule has 1 aromatic carbocycles. The fraction of sp³-hybridized carbons (Fsp3) is 0.111. The monoisotopic (exact) mass is 242 g/mol. The van der Waals surface area contributed by atoms with Gasteiger partial charge in [-0.2, -0.15) is 0 Å². The Morgan fingerprint density at radius 3 is 2.40 bits per heavy atom. The Balaban J connectivity index is 2.87. The van der Waals surface area contributed by atoms with E-state index in [-0.39, 0.29) is 4.32 Å². The number of thiol groups is 1. The number of amides is 1. The van der Waals surface area contributed by atoms with Crippen molar-refractivity contribution in [2.75, 3.05) is 7.11 Å². The Morgan fingerprint density at radius 1 is 1.47 bits per heavy atom. The highest BCUT2D eigenvalue weighted by Gasteiger charge is 2.13. The third-order valence-electron chi connectivity index (χ3n) is 1.76. The van der Waals surface area contributed by atoms with Gasteiger partial charge in [-0.3, -0.25) is 4.79 Å². The summed E-state index contributed by atoms with van der Waals surface area (Å²) in [6.07, 6.45) is 0. The van der Waals surface area contributed by atoms with E-state index in [9.17, 15) is 4.79 Å². The molecule has 80 valence electrons. The number of benzene rings is 1. The van der Waals surface area contributed by atoms with Crippen molar-refractivity contribution in [3.8, 4) is 5.75 Å². The first kappa shape index (κ1) is 12.0. The van der Waals surface area contributed by atoms with Crippen LogP contribution in [0.4, 0.5) is 0 Å². The zero-order chi connectivity index (χ0) is 11.4. The zero-order valence-electron chi connectivity index (χ0n) is 8.01. The van der Waals surface area contributed by atoms with Crippen LogP contribution in [0.1, 0.15) is 10.4 Å². The molecule has 0 saturated carbocycles. The minimum atomic E-state index is -0.405. The van der Waals surface area contributed by atoms with Crippen LogP contribution >= 0.6 is 24.8 Å². The number of thiocarbonyl (C=S) groups is 1. The number of hydrogen-bond acceptors (Lipinski definition) is 4. The van der Waals surface area contributed by atoms with Crippen molar-refractivity contribution < 1.29 is 9.53 Å². The van der Waals surface area contributed by atoms with E-state index in [1.165, 1.54) is 0 Å². The van der Waals surface area contributed by atoms with Gasteiger partial charge in [0.15, 0.2) is 4.32 Å². The van der Waals surface area contributed by atoms with E-state index >= 15 is 0 Å². The van der Waals surface area contributed by atoms with Gasteiger partial charge in [0.2, 0.25) is 0 Å². The number of carbonyl (C=O) groups excluding carboxylic acids is 1. The number of methoxy groups -OCH3 is 1. The highest BCUT2D eigenvalue weighted by molar-refractivity contribution is 8.11. The SMILES string of the molecule is COc1ccc(C(=O)N(N)C(=S)S)cc1. The van der Waals surface area contributed by atoms with Crippen LogP contribution < -0.4 is 10.6 Å². The molecule has 0 fully saturated rings. The van der Waals surface area contributed by atoms with E-state index in [1.807, 2.05) is 0 Å². The quantitative estimate of drug-likeness (QED) is 0.269. The minimum Gasteiger partial charge on any atom is -0.497 e. The van der Waals surface area contributed by atoms with E-state index < -0.39 is 5.91 Å². The molecule has 0 radical (unpaired) electrons. The number of hydrogen-bond donors (Lipinski definition) is 2. The number of nitrogens with two attached hydrogens (primary N) is 1. The fourth-order valence-electron chi connectivity index (χ4n) is 0.960. The van der Waals surface area contributed by atoms with Gasteiger partial charge < -0.3 is 4.74 Å². The summed E-state index contributed by atoms with van der Waals surface area (Å²) in [4.78, 5) is 11.6. The number of carbonyl (C=O) groups is 1. The molecule has 1 rings (SSSR count). The Bertz CT molecular complexity index is 378. The molecule has 0 aromatic heterocycles. The van der Waals surface area contributed by atoms with Crippen LogP contribution in [0.3, 0.4) is 0 Å². The molecule has 1 amide bonds. The lowest BCUT2D eigenvalue weighted by atomic mass is 10.2. The lowest BCUT2D eigenvalue weighted by Gasteiger charge is -2.13. The van der Waals surface area contributed by atoms with Crippen molar-refractivity contribution in [1.29, 1.82) is 0 Å². The fourth-order valence-corrected chi connectivity index (χ4v) is 1.13. The van der Waals surface area contributed by atoms with Gasteiger partial charge in [-0.05, 0) is 24.3 Å². The molecular weight excluding hydrogens is 232 g/mol. The molecule has 0 saturated heterocycles. The topological polar surface area (TPSA) is 55.6 Å². The van der Waals surface area contributed by atoms with Crippen LogP contribution in [0.5, 0.6) is 5.75 Å². The van der Waals surface area contributed by atoms with E-state index in [2.05, 4.69) is 24.8 Å². The number of hydrazine groups is 1. The molecule has 0 aliphatic heterocycles. The molecule has 4 nitrogen and oxygen atoms in total. The van der Waals surface area contributed by atoms with Gasteiger partial charge in [0.1, 0.15) is 5.75 Å². The first-order chi connectivity index (χ1) is 7.06. The van der Waals surface area contributed by atoms with E-state index in [0.29, 0.717) is 11.3 Å². The standard InChI is InChI=1S/C9H10N2O2S2/c1-13-7-4-2-6(3-5-7)8(12)11(10)9(14)15/h2-5H,10H2,1H3,(H,14,15). The van der Waals surface area contributed by atoms with Crippen LogP contribution in [0.2, 0.25) is 0 Å². The van der Waals surface area contributed by atoms with Gasteiger partial charge >= 0.3 is 0 Å². The lowest BCUT2D eigenvalue weighted by Crippen LogP contribution is -2.39. The first-order valence-corrected chi connectivity index (χ1v) is 4.88. The van der Waals surface area contributed by atoms with Crippen molar-refractivity contribution in [2.45, 2.75) is 0 Å². The Labute approximate surface area is 98.4 Å². The minimum absolute atomic E-state index is 0.0239. The third-order valence-corrected chi connectivity index (χ3v) is 2.17. The van der Waals surface area contributed by atoms with Crippen LogP contribution in [-0.2, 0) is 0 Å². The summed E-state index contributed by atoms with van der Waals surface area (Å²) in [6, 6.07) is 6.55. The van der Waals surface area contributed by atoms with E-state index in [1.54, 1.807) is 31.4 Å². The van der Waals surface area contributed by atoms with Crippen molar-refractivity contribution in [2.24, 2.45) is 5.84 Å². The van der Waals surface area contributed by atoms with Crippen LogP contribution in [0, 0.1) is 0 Å². The molecular formula is C9H10N2O2S2. The van der Waals surface area contributed by atoms with E-state index in [4.69, 9.17) is 10.6 Å². The van der Waals surface area contributed by atoms with Gasteiger partial charge in [-0.15, -0.1) is 12.6 Å². The summed E-state index contributed by atoms with van der Waals surface area (Å²) in [5, 5.41) is 0.806. The normalized spacial score (nSPS) is 9.53. The third kappa shape index (κ3) is 2.92. The zero-order valence-corrected chi connectivity index (χ0v) is 9.72. The second kappa shape index (κ2) is 5.11. The highest BCUT2D eigenvalue weighted by Crippen LogP contribution is 2.12. The first-order valence-electron chi connectivity index (χ1n) is 4.02. The molecule has 0 aliphatic rings. The second-order valence-electron chi connectivity index (χ2n) is 2.69. The van der Waals surface area contributed by atoms with E-state index in [0.717, 1.165) is 5.01 Å². The molecule has 0 heterocycles.